The van der Waals surface area contributed by atoms with Gasteiger partial charge < -0.3 is 9.32 Å². The quantitative estimate of drug-likeness (QED) is 0.164. The topological polar surface area (TPSA) is 16.4 Å². The van der Waals surface area contributed by atoms with Crippen molar-refractivity contribution in [3.63, 3.8) is 0 Å². The van der Waals surface area contributed by atoms with Gasteiger partial charge in [-0.3, -0.25) is 0 Å². The number of hydrogen-bond donors (Lipinski definition) is 0. The van der Waals surface area contributed by atoms with Crippen LogP contribution in [-0.4, -0.2) is 0 Å². The minimum atomic E-state index is -0.523. The van der Waals surface area contributed by atoms with Gasteiger partial charge in [-0.15, -0.1) is 0 Å². The van der Waals surface area contributed by atoms with Crippen molar-refractivity contribution >= 4 is 82.1 Å². The summed E-state index contributed by atoms with van der Waals surface area (Å²) in [7, 11) is 0. The Morgan fingerprint density at radius 2 is 0.791 bits per heavy atom. The first-order valence-electron chi connectivity index (χ1n) is 23.2. The van der Waals surface area contributed by atoms with Crippen molar-refractivity contribution in [2.45, 2.75) is 5.41 Å². The maximum Gasteiger partial charge on any atom is 0.135 e. The maximum atomic E-state index is 6.45. The Bertz CT molecular complexity index is 4170. The molecule has 0 saturated carbocycles. The van der Waals surface area contributed by atoms with Crippen LogP contribution in [0, 0.1) is 0 Å². The van der Waals surface area contributed by atoms with Gasteiger partial charge in [0.1, 0.15) is 11.2 Å². The van der Waals surface area contributed by atoms with Gasteiger partial charge in [-0.2, -0.15) is 0 Å². The molecule has 12 aromatic carbocycles. The summed E-state index contributed by atoms with van der Waals surface area (Å²) in [4.78, 5) is 2.53. The van der Waals surface area contributed by atoms with E-state index in [9.17, 15) is 0 Å². The molecule has 0 aliphatic heterocycles. The Kier molecular flexibility index (Phi) is 7.46. The van der Waals surface area contributed by atoms with E-state index in [2.05, 4.69) is 235 Å². The molecule has 310 valence electrons. The number of nitrogens with zero attached hydrogens (tertiary/aromatic N) is 1. The monoisotopic (exact) mass is 849 g/mol. The summed E-state index contributed by atoms with van der Waals surface area (Å²) in [6.45, 7) is 0. The van der Waals surface area contributed by atoms with Gasteiger partial charge in [0.05, 0.1) is 11.1 Å². The van der Waals surface area contributed by atoms with Gasteiger partial charge >= 0.3 is 0 Å². The third-order valence-electron chi connectivity index (χ3n) is 15.0. The zero-order valence-electron chi connectivity index (χ0n) is 36.4. The van der Waals surface area contributed by atoms with Crippen LogP contribution in [0.5, 0.6) is 0 Å². The van der Waals surface area contributed by atoms with Gasteiger partial charge in [0.2, 0.25) is 0 Å². The predicted molar refractivity (Wildman–Crippen MR) is 280 cm³/mol. The lowest BCUT2D eigenvalue weighted by atomic mass is 9.70. The standard InChI is InChI=1S/C65H39NO/c1-2-16-41-35-43(31-29-40(41)15-1)66(44-32-33-49-47-19-4-3-17-45(47)46-18-5-6-20-48(46)55(49)37-44)62-39-61-56(38-54(62)42-30-34-64-57(36-42)53-24-10-14-28-63(53)67-64)52-23-9-13-27-60(52)65(61)58-25-11-7-21-50(58)51-22-8-12-26-59(51)65/h1-39H. The molecule has 15 rings (SSSR count). The molecule has 0 unspecified atom stereocenters. The number of benzene rings is 12. The Balaban J connectivity index is 1.10. The average molecular weight is 850 g/mol. The summed E-state index contributed by atoms with van der Waals surface area (Å²) in [6.07, 6.45) is 0. The summed E-state index contributed by atoms with van der Waals surface area (Å²) in [5.74, 6) is 0. The molecule has 2 heteroatoms. The van der Waals surface area contributed by atoms with Crippen molar-refractivity contribution < 1.29 is 4.42 Å². The van der Waals surface area contributed by atoms with Crippen molar-refractivity contribution in [1.29, 1.82) is 0 Å². The van der Waals surface area contributed by atoms with E-state index < -0.39 is 5.41 Å². The lowest BCUT2D eigenvalue weighted by molar-refractivity contribution is 0.669. The summed E-state index contributed by atoms with van der Waals surface area (Å²) in [5.41, 5.74) is 17.2. The van der Waals surface area contributed by atoms with Gasteiger partial charge in [-0.05, 0) is 148 Å². The molecule has 0 bridgehead atoms. The SMILES string of the molecule is c1ccc2c(c1)-c1ccccc1C21c2ccccc2-c2cc(-c3ccc4oc5ccccc5c4c3)c(N(c3ccc4ccccc4c3)c3ccc4c5ccccc5c5ccccc5c4c3)cc21. The summed E-state index contributed by atoms with van der Waals surface area (Å²) < 4.78 is 6.45. The third-order valence-corrected chi connectivity index (χ3v) is 15.0. The molecule has 1 aromatic heterocycles. The number of fused-ring (bicyclic) bond motifs is 20. The van der Waals surface area contributed by atoms with Crippen LogP contribution in [0.25, 0.3) is 98.4 Å². The first-order chi connectivity index (χ1) is 33.2. The minimum Gasteiger partial charge on any atom is -0.456 e. The van der Waals surface area contributed by atoms with Crippen LogP contribution >= 0.6 is 0 Å². The molecule has 0 radical (unpaired) electrons. The van der Waals surface area contributed by atoms with Crippen LogP contribution in [0.15, 0.2) is 241 Å². The summed E-state index contributed by atoms with van der Waals surface area (Å²) in [5, 5.41) is 12.1. The first kappa shape index (κ1) is 36.6. The van der Waals surface area contributed by atoms with E-state index in [0.29, 0.717) is 0 Å². The zero-order valence-corrected chi connectivity index (χ0v) is 36.4. The molecular weight excluding hydrogens is 811 g/mol. The summed E-state index contributed by atoms with van der Waals surface area (Å²) in [6, 6.07) is 88.1. The van der Waals surface area contributed by atoms with Crippen molar-refractivity contribution in [1.82, 2.24) is 0 Å². The smallest absolute Gasteiger partial charge is 0.135 e. The molecule has 0 atom stereocenters. The van der Waals surface area contributed by atoms with Crippen molar-refractivity contribution in [2.75, 3.05) is 4.90 Å². The largest absolute Gasteiger partial charge is 0.456 e. The van der Waals surface area contributed by atoms with Gasteiger partial charge in [0.15, 0.2) is 0 Å². The van der Waals surface area contributed by atoms with Crippen LogP contribution in [0.1, 0.15) is 22.3 Å². The van der Waals surface area contributed by atoms with Crippen LogP contribution < -0.4 is 4.90 Å². The molecule has 0 saturated heterocycles. The molecular formula is C65H39NO. The van der Waals surface area contributed by atoms with E-state index in [1.165, 1.54) is 87.6 Å². The molecule has 1 spiro atoms. The van der Waals surface area contributed by atoms with Gasteiger partial charge in [0.25, 0.3) is 0 Å². The number of para-hydroxylation sites is 1. The Morgan fingerprint density at radius 1 is 0.284 bits per heavy atom. The zero-order chi connectivity index (χ0) is 43.8. The molecule has 0 N–H and O–H groups in total. The van der Waals surface area contributed by atoms with Gasteiger partial charge in [-0.1, -0.05) is 182 Å². The van der Waals surface area contributed by atoms with Gasteiger partial charge in [-0.25, -0.2) is 0 Å². The fraction of sp³-hybridized carbons (Fsp3) is 0.0154. The number of rotatable bonds is 4. The van der Waals surface area contributed by atoms with E-state index in [4.69, 9.17) is 4.42 Å². The molecule has 1 heterocycles. The van der Waals surface area contributed by atoms with E-state index in [0.717, 1.165) is 50.1 Å². The maximum absolute atomic E-state index is 6.45. The fourth-order valence-corrected chi connectivity index (χ4v) is 12.2. The molecule has 67 heavy (non-hydrogen) atoms. The minimum absolute atomic E-state index is 0.523. The molecule has 0 amide bonds. The van der Waals surface area contributed by atoms with Gasteiger partial charge in [0, 0.05) is 27.7 Å². The first-order valence-corrected chi connectivity index (χ1v) is 23.2. The highest BCUT2D eigenvalue weighted by atomic mass is 16.3. The van der Waals surface area contributed by atoms with E-state index in [1.54, 1.807) is 0 Å². The second-order valence-electron chi connectivity index (χ2n) is 18.3. The Labute approximate surface area is 387 Å². The third kappa shape index (κ3) is 4.99. The highest BCUT2D eigenvalue weighted by Gasteiger charge is 2.52. The highest BCUT2D eigenvalue weighted by Crippen LogP contribution is 2.64. The fourth-order valence-electron chi connectivity index (χ4n) is 12.2. The Hall–Kier alpha value is -8.72. The second kappa shape index (κ2) is 13.7. The average Bonchev–Trinajstić information content (AvgIpc) is 4.02. The number of anilines is 3. The van der Waals surface area contributed by atoms with Crippen LogP contribution in [0.4, 0.5) is 17.1 Å². The molecule has 13 aromatic rings. The normalized spacial score (nSPS) is 13.2. The lowest BCUT2D eigenvalue weighted by Crippen LogP contribution is -2.26. The predicted octanol–water partition coefficient (Wildman–Crippen LogP) is 17.7. The molecule has 0 fully saturated rings. The van der Waals surface area contributed by atoms with Crippen LogP contribution in [0.2, 0.25) is 0 Å². The summed E-state index contributed by atoms with van der Waals surface area (Å²) >= 11 is 0. The molecule has 2 aliphatic rings. The van der Waals surface area contributed by atoms with Crippen LogP contribution in [0.3, 0.4) is 0 Å². The molecule has 2 nitrogen and oxygen atoms in total. The lowest BCUT2D eigenvalue weighted by Gasteiger charge is -2.33. The Morgan fingerprint density at radius 3 is 1.48 bits per heavy atom. The number of hydrogen-bond acceptors (Lipinski definition) is 2. The van der Waals surface area contributed by atoms with Crippen molar-refractivity contribution in [2.24, 2.45) is 0 Å². The molecule has 2 aliphatic carbocycles. The van der Waals surface area contributed by atoms with Crippen LogP contribution in [-0.2, 0) is 5.41 Å². The van der Waals surface area contributed by atoms with E-state index in [-0.39, 0.29) is 0 Å². The highest BCUT2D eigenvalue weighted by molar-refractivity contribution is 6.26. The van der Waals surface area contributed by atoms with E-state index >= 15 is 0 Å². The van der Waals surface area contributed by atoms with Crippen molar-refractivity contribution in [3.8, 4) is 33.4 Å². The van der Waals surface area contributed by atoms with E-state index in [1.807, 2.05) is 6.07 Å². The second-order valence-corrected chi connectivity index (χ2v) is 18.3. The number of furan rings is 1. The van der Waals surface area contributed by atoms with Crippen molar-refractivity contribution in [3.05, 3.63) is 259 Å².